The number of allylic oxidation sites excluding steroid dienone is 1. The number of likely N-dealkylation sites (N-methyl/N-ethyl adjacent to an activating group) is 1. The third-order valence-corrected chi connectivity index (χ3v) is 10.0. The molecule has 3 heterocycles. The fourth-order valence-corrected chi connectivity index (χ4v) is 7.39. The SMILES string of the molecule is CC(C)C=C(C#N)C(=O)N1CCC[C@@H]1COC[C@H](NC(=O)c1cc(Cl)ccc1Cl)C(=O)N[C@@H](Cc1ccccc1)[B-]12OC(=O)C[N+]1(C)CC(=O)O2. The van der Waals surface area contributed by atoms with Gasteiger partial charge in [-0.15, -0.1) is 0 Å². The predicted molar refractivity (Wildman–Crippen MR) is 188 cm³/mol. The van der Waals surface area contributed by atoms with Crippen LogP contribution < -0.4 is 10.6 Å². The van der Waals surface area contributed by atoms with E-state index in [9.17, 15) is 29.2 Å². The van der Waals surface area contributed by atoms with Crippen LogP contribution >= 0.6 is 23.2 Å². The first-order valence-electron chi connectivity index (χ1n) is 16.8. The Morgan fingerprint density at radius 3 is 2.43 bits per heavy atom. The maximum atomic E-state index is 14.3. The number of likely N-dealkylation sites (tertiary alicyclic amines) is 1. The normalized spacial score (nSPS) is 24.0. The fourth-order valence-electron chi connectivity index (χ4n) is 7.02. The van der Waals surface area contributed by atoms with Gasteiger partial charge in [0.2, 0.25) is 5.91 Å². The number of carbonyl (C=O) groups excluding carboxylic acids is 5. The largest absolute Gasteiger partial charge is 0.605 e. The van der Waals surface area contributed by atoms with E-state index in [0.29, 0.717) is 19.4 Å². The minimum Gasteiger partial charge on any atom is -0.599 e. The Bertz CT molecular complexity index is 1750. The van der Waals surface area contributed by atoms with Crippen molar-refractivity contribution in [2.24, 2.45) is 5.92 Å². The number of benzene rings is 2. The number of nitrogens with one attached hydrogen (secondary N) is 2. The van der Waals surface area contributed by atoms with Crippen LogP contribution in [-0.2, 0) is 39.6 Å². The molecule has 3 amide bonds. The molecule has 3 fully saturated rings. The molecule has 2 aromatic rings. The van der Waals surface area contributed by atoms with Gasteiger partial charge in [-0.2, -0.15) is 5.26 Å². The number of halogens is 2. The molecule has 2 aromatic carbocycles. The highest BCUT2D eigenvalue weighted by Gasteiger charge is 2.69. The van der Waals surface area contributed by atoms with Gasteiger partial charge in [0.25, 0.3) is 11.8 Å². The fraction of sp³-hybridized carbons (Fsp3) is 0.429. The number of nitriles is 1. The van der Waals surface area contributed by atoms with Gasteiger partial charge in [0.05, 0.1) is 35.8 Å². The maximum absolute atomic E-state index is 14.3. The molecular formula is C35H40BCl2N5O8. The van der Waals surface area contributed by atoms with Crippen LogP contribution in [0.15, 0.2) is 60.2 Å². The number of fused-ring (bicyclic) bond motifs is 1. The van der Waals surface area contributed by atoms with E-state index < -0.39 is 42.4 Å². The first-order valence-corrected chi connectivity index (χ1v) is 17.5. The lowest BCUT2D eigenvalue weighted by atomic mass is 9.58. The van der Waals surface area contributed by atoms with Crippen molar-refractivity contribution in [2.45, 2.75) is 51.1 Å². The summed E-state index contributed by atoms with van der Waals surface area (Å²) in [5, 5.41) is 15.6. The summed E-state index contributed by atoms with van der Waals surface area (Å²) < 4.78 is 17.4. The maximum Gasteiger partial charge on any atom is 0.605 e. The van der Waals surface area contributed by atoms with Crippen LogP contribution in [0.5, 0.6) is 0 Å². The monoisotopic (exact) mass is 739 g/mol. The van der Waals surface area contributed by atoms with Gasteiger partial charge >= 0.3 is 18.6 Å². The van der Waals surface area contributed by atoms with Crippen molar-refractivity contribution in [3.63, 3.8) is 0 Å². The molecule has 3 atom stereocenters. The average Bonchev–Trinajstić information content (AvgIpc) is 3.71. The van der Waals surface area contributed by atoms with E-state index >= 15 is 0 Å². The Kier molecular flexibility index (Phi) is 11.8. The zero-order chi connectivity index (χ0) is 36.9. The van der Waals surface area contributed by atoms with Gasteiger partial charge < -0.3 is 34.0 Å². The lowest BCUT2D eigenvalue weighted by Gasteiger charge is -2.44. The van der Waals surface area contributed by atoms with Crippen molar-refractivity contribution in [1.29, 1.82) is 5.26 Å². The highest BCUT2D eigenvalue weighted by Crippen LogP contribution is 2.37. The number of carbonyl (C=O) groups is 5. The topological polar surface area (TPSA) is 164 Å². The second-order valence-electron chi connectivity index (χ2n) is 13.7. The number of hydrogen-bond acceptors (Lipinski definition) is 9. The number of ether oxygens (including phenoxy) is 1. The van der Waals surface area contributed by atoms with E-state index in [1.54, 1.807) is 18.0 Å². The minimum absolute atomic E-state index is 0.000549. The van der Waals surface area contributed by atoms with Gasteiger partial charge in [-0.25, -0.2) is 0 Å². The van der Waals surface area contributed by atoms with Crippen molar-refractivity contribution in [2.75, 3.05) is 39.9 Å². The molecule has 3 saturated heterocycles. The minimum atomic E-state index is -2.76. The molecule has 51 heavy (non-hydrogen) atoms. The van der Waals surface area contributed by atoms with Crippen molar-refractivity contribution < 1.29 is 42.4 Å². The highest BCUT2D eigenvalue weighted by atomic mass is 35.5. The third kappa shape index (κ3) is 8.39. The third-order valence-electron chi connectivity index (χ3n) is 9.46. The summed E-state index contributed by atoms with van der Waals surface area (Å²) >= 11 is 12.5. The highest BCUT2D eigenvalue weighted by molar-refractivity contribution is 6.68. The molecule has 270 valence electrons. The molecule has 3 aliphatic heterocycles. The quantitative estimate of drug-likeness (QED) is 0.179. The molecule has 0 saturated carbocycles. The Hall–Kier alpha value is -4.42. The number of amides is 3. The van der Waals surface area contributed by atoms with Gasteiger partial charge in [-0.3, -0.25) is 24.0 Å². The zero-order valence-corrected chi connectivity index (χ0v) is 30.1. The number of quaternary nitrogens is 1. The molecule has 0 unspecified atom stereocenters. The van der Waals surface area contributed by atoms with E-state index in [1.165, 1.54) is 18.2 Å². The number of nitrogens with zero attached hydrogens (tertiary/aromatic N) is 3. The molecule has 0 spiro atoms. The summed E-state index contributed by atoms with van der Waals surface area (Å²) in [5.41, 5.74) is 0.849. The molecule has 0 bridgehead atoms. The van der Waals surface area contributed by atoms with E-state index in [0.717, 1.165) is 5.56 Å². The average molecular weight is 740 g/mol. The number of hydrogen-bond donors (Lipinski definition) is 2. The standard InChI is InChI=1S/C35H40BCl2N5O8/c1-22(2)14-24(17-39)35(48)42-13-7-10-26(42)20-49-21-29(40-33(46)27-16-25(37)11-12-28(27)38)34(47)41-30(15-23-8-5-4-6-9-23)36-43(3,18-31(44)50-36)19-32(45)51-36/h4-6,8-9,11-12,14,16,22,26,29-30H,7,10,13,15,18-21H2,1-3H3,(H,40,46)(H,41,47)/t26-,29+,30+,36?,43?/m1/s1. The first-order chi connectivity index (χ1) is 24.2. The van der Waals surface area contributed by atoms with Crippen molar-refractivity contribution in [3.8, 4) is 6.07 Å². The zero-order valence-electron chi connectivity index (χ0n) is 28.6. The Balaban J connectivity index is 1.40. The number of rotatable bonds is 13. The van der Waals surface area contributed by atoms with Crippen LogP contribution in [0, 0.1) is 17.2 Å². The lowest BCUT2D eigenvalue weighted by molar-refractivity contribution is -0.794. The lowest BCUT2D eigenvalue weighted by Crippen LogP contribution is -2.72. The van der Waals surface area contributed by atoms with Crippen LogP contribution in [0.25, 0.3) is 0 Å². The summed E-state index contributed by atoms with van der Waals surface area (Å²) in [6, 6.07) is 13.8. The summed E-state index contributed by atoms with van der Waals surface area (Å²) in [7, 11) is 1.67. The van der Waals surface area contributed by atoms with Crippen molar-refractivity contribution in [3.05, 3.63) is 81.4 Å². The second kappa shape index (κ2) is 15.9. The van der Waals surface area contributed by atoms with Gasteiger partial charge in [0, 0.05) is 18.6 Å². The molecule has 0 aliphatic carbocycles. The van der Waals surface area contributed by atoms with E-state index in [2.05, 4.69) is 10.6 Å². The van der Waals surface area contributed by atoms with Crippen LogP contribution in [0.3, 0.4) is 0 Å². The van der Waals surface area contributed by atoms with Gasteiger partial charge in [-0.1, -0.05) is 73.5 Å². The Morgan fingerprint density at radius 2 is 1.78 bits per heavy atom. The van der Waals surface area contributed by atoms with Crippen LogP contribution in [0.1, 0.15) is 42.6 Å². The van der Waals surface area contributed by atoms with Crippen LogP contribution in [0.2, 0.25) is 10.0 Å². The molecule has 0 radical (unpaired) electrons. The van der Waals surface area contributed by atoms with Crippen LogP contribution in [0.4, 0.5) is 0 Å². The van der Waals surface area contributed by atoms with Gasteiger partial charge in [0.1, 0.15) is 30.8 Å². The van der Waals surface area contributed by atoms with E-state index in [4.69, 9.17) is 37.2 Å². The van der Waals surface area contributed by atoms with Gasteiger partial charge in [-0.05, 0) is 48.9 Å². The van der Waals surface area contributed by atoms with E-state index in [-0.39, 0.29) is 76.2 Å². The van der Waals surface area contributed by atoms with Crippen molar-refractivity contribution >= 4 is 59.5 Å². The van der Waals surface area contributed by atoms with E-state index in [1.807, 2.05) is 50.2 Å². The molecular weight excluding hydrogens is 700 g/mol. The molecule has 13 nitrogen and oxygen atoms in total. The summed E-state index contributed by atoms with van der Waals surface area (Å²) in [6.07, 6.45) is 3.07. The molecule has 0 aromatic heterocycles. The van der Waals surface area contributed by atoms with Crippen molar-refractivity contribution in [1.82, 2.24) is 15.5 Å². The summed E-state index contributed by atoms with van der Waals surface area (Å²) in [4.78, 5) is 68.0. The molecule has 5 rings (SSSR count). The molecule has 16 heteroatoms. The Morgan fingerprint density at radius 1 is 1.10 bits per heavy atom. The second-order valence-corrected chi connectivity index (χ2v) is 14.6. The van der Waals surface area contributed by atoms with Gasteiger partial charge in [0.15, 0.2) is 0 Å². The summed E-state index contributed by atoms with van der Waals surface area (Å²) in [5.74, 6) is -3.96. The predicted octanol–water partition coefficient (Wildman–Crippen LogP) is 2.97. The first kappa shape index (κ1) is 37.8. The summed E-state index contributed by atoms with van der Waals surface area (Å²) in [6.45, 7) is 0.885. The Labute approximate surface area is 306 Å². The molecule has 3 aliphatic rings. The van der Waals surface area contributed by atoms with Crippen LogP contribution in [-0.4, -0.2) is 104 Å². The molecule has 2 N–H and O–H groups in total. The smallest absolute Gasteiger partial charge is 0.599 e.